The summed E-state index contributed by atoms with van der Waals surface area (Å²) in [5.41, 5.74) is -0.218. The standard InChI is InChI=1S/C26H38Cl2O6/c1-25-9-8-16(33-22(30)12-27)10-15(25)4-5-17-18-6-7-19(20(29)14-32-3)26(18,2)11-21(24(17)25)34-23(31)13-28/h15-19,21,24H,4-14H2,1-3H3/t15?,16?,17-,18-,19+,21?,24+,25-,26-/m0/s1. The van der Waals surface area contributed by atoms with Crippen molar-refractivity contribution in [2.75, 3.05) is 25.5 Å². The van der Waals surface area contributed by atoms with Crippen LogP contribution in [0.4, 0.5) is 0 Å². The fourth-order valence-electron chi connectivity index (χ4n) is 8.71. The summed E-state index contributed by atoms with van der Waals surface area (Å²) in [7, 11) is 1.57. The molecule has 4 fully saturated rings. The molecule has 3 unspecified atom stereocenters. The number of alkyl halides is 2. The van der Waals surface area contributed by atoms with Gasteiger partial charge < -0.3 is 14.2 Å². The Balaban J connectivity index is 1.63. The first kappa shape index (κ1) is 26.2. The van der Waals surface area contributed by atoms with E-state index in [4.69, 9.17) is 37.4 Å². The van der Waals surface area contributed by atoms with Crippen LogP contribution < -0.4 is 0 Å². The summed E-state index contributed by atoms with van der Waals surface area (Å²) >= 11 is 11.5. The summed E-state index contributed by atoms with van der Waals surface area (Å²) in [5.74, 6) is 0.502. The number of hydrogen-bond acceptors (Lipinski definition) is 6. The van der Waals surface area contributed by atoms with Gasteiger partial charge in [-0.15, -0.1) is 23.2 Å². The van der Waals surface area contributed by atoms with Gasteiger partial charge in [-0.05, 0) is 80.0 Å². The SMILES string of the molecule is COCC(=O)[C@H]1CC[C@H]2[C@@H]3CCC4CC(OC(=O)CCl)CC[C@]4(C)[C@H]3C(OC(=O)CCl)C[C@]12C. The Morgan fingerprint density at radius 2 is 1.62 bits per heavy atom. The van der Waals surface area contributed by atoms with Crippen LogP contribution in [0.5, 0.6) is 0 Å². The maximum absolute atomic E-state index is 13.0. The zero-order valence-electron chi connectivity index (χ0n) is 20.5. The normalized spacial score (nSPS) is 43.3. The van der Waals surface area contributed by atoms with E-state index in [1.165, 1.54) is 0 Å². The number of methoxy groups -OCH3 is 1. The molecular weight excluding hydrogens is 479 g/mol. The van der Waals surface area contributed by atoms with E-state index in [-0.39, 0.29) is 71.0 Å². The van der Waals surface area contributed by atoms with E-state index in [0.29, 0.717) is 24.2 Å². The molecule has 0 heterocycles. The lowest BCUT2D eigenvalue weighted by molar-refractivity contribution is -0.200. The van der Waals surface area contributed by atoms with E-state index >= 15 is 0 Å². The second kappa shape index (κ2) is 10.3. The molecular formula is C26H38Cl2O6. The number of ether oxygens (including phenoxy) is 3. The van der Waals surface area contributed by atoms with Crippen molar-refractivity contribution in [3.8, 4) is 0 Å². The minimum atomic E-state index is -0.388. The quantitative estimate of drug-likeness (QED) is 0.358. The van der Waals surface area contributed by atoms with Crippen LogP contribution in [0.2, 0.25) is 0 Å². The fraction of sp³-hybridized carbons (Fsp3) is 0.885. The third-order valence-electron chi connectivity index (χ3n) is 10.00. The Labute approximate surface area is 212 Å². The minimum absolute atomic E-state index is 0.0139. The molecule has 8 heteroatoms. The minimum Gasteiger partial charge on any atom is -0.461 e. The van der Waals surface area contributed by atoms with Crippen LogP contribution in [0.15, 0.2) is 0 Å². The molecule has 0 saturated heterocycles. The third-order valence-corrected chi connectivity index (χ3v) is 10.4. The van der Waals surface area contributed by atoms with Crippen molar-refractivity contribution in [3.05, 3.63) is 0 Å². The lowest BCUT2D eigenvalue weighted by atomic mass is 9.43. The predicted molar refractivity (Wildman–Crippen MR) is 129 cm³/mol. The van der Waals surface area contributed by atoms with E-state index in [9.17, 15) is 14.4 Å². The van der Waals surface area contributed by atoms with Crippen LogP contribution in [0.25, 0.3) is 0 Å². The zero-order chi connectivity index (χ0) is 24.7. The van der Waals surface area contributed by atoms with Crippen molar-refractivity contribution in [3.63, 3.8) is 0 Å². The van der Waals surface area contributed by atoms with Gasteiger partial charge in [-0.3, -0.25) is 14.4 Å². The van der Waals surface area contributed by atoms with Gasteiger partial charge >= 0.3 is 11.9 Å². The number of ketones is 1. The molecule has 4 rings (SSSR count). The maximum Gasteiger partial charge on any atom is 0.321 e. The van der Waals surface area contributed by atoms with E-state index in [2.05, 4.69) is 13.8 Å². The first-order valence-electron chi connectivity index (χ1n) is 12.7. The Kier molecular flexibility index (Phi) is 7.91. The molecule has 0 bridgehead atoms. The average molecular weight is 517 g/mol. The lowest BCUT2D eigenvalue weighted by Gasteiger charge is -2.62. The Bertz CT molecular complexity index is 804. The molecule has 4 saturated carbocycles. The molecule has 0 radical (unpaired) electrons. The van der Waals surface area contributed by atoms with Crippen LogP contribution in [0, 0.1) is 40.4 Å². The number of rotatable bonds is 7. The highest BCUT2D eigenvalue weighted by atomic mass is 35.5. The van der Waals surface area contributed by atoms with Gasteiger partial charge in [0.2, 0.25) is 0 Å². The number of esters is 2. The van der Waals surface area contributed by atoms with Crippen molar-refractivity contribution in [2.24, 2.45) is 40.4 Å². The van der Waals surface area contributed by atoms with Gasteiger partial charge in [0, 0.05) is 18.9 Å². The average Bonchev–Trinajstić information content (AvgIpc) is 3.15. The number of fused-ring (bicyclic) bond motifs is 5. The molecule has 4 aliphatic carbocycles. The largest absolute Gasteiger partial charge is 0.461 e. The molecule has 0 aromatic heterocycles. The maximum atomic E-state index is 13.0. The third kappa shape index (κ3) is 4.52. The summed E-state index contributed by atoms with van der Waals surface area (Å²) < 4.78 is 16.9. The molecule has 0 aromatic carbocycles. The zero-order valence-corrected chi connectivity index (χ0v) is 22.0. The van der Waals surface area contributed by atoms with Gasteiger partial charge in [0.1, 0.15) is 30.6 Å². The summed E-state index contributed by atoms with van der Waals surface area (Å²) in [6, 6.07) is 0. The van der Waals surface area contributed by atoms with Crippen molar-refractivity contribution in [2.45, 2.75) is 77.4 Å². The number of halogens is 2. The second-order valence-corrected chi connectivity index (χ2v) is 12.0. The Morgan fingerprint density at radius 3 is 2.29 bits per heavy atom. The molecule has 0 aliphatic heterocycles. The van der Waals surface area contributed by atoms with Crippen LogP contribution in [-0.2, 0) is 28.6 Å². The molecule has 0 spiro atoms. The van der Waals surface area contributed by atoms with Gasteiger partial charge in [-0.25, -0.2) is 0 Å². The Morgan fingerprint density at radius 1 is 0.912 bits per heavy atom. The van der Waals surface area contributed by atoms with Crippen molar-refractivity contribution < 1.29 is 28.6 Å². The van der Waals surface area contributed by atoms with Crippen LogP contribution in [-0.4, -0.2) is 55.4 Å². The summed E-state index contributed by atoms with van der Waals surface area (Å²) in [6.07, 6.45) is 6.89. The van der Waals surface area contributed by atoms with E-state index in [0.717, 1.165) is 44.9 Å². The van der Waals surface area contributed by atoms with Crippen molar-refractivity contribution in [1.82, 2.24) is 0 Å². The highest BCUT2D eigenvalue weighted by molar-refractivity contribution is 6.26. The topological polar surface area (TPSA) is 78.9 Å². The summed E-state index contributed by atoms with van der Waals surface area (Å²) in [6.45, 7) is 4.72. The smallest absolute Gasteiger partial charge is 0.321 e. The fourth-order valence-corrected chi connectivity index (χ4v) is 8.84. The molecule has 0 aromatic rings. The van der Waals surface area contributed by atoms with Crippen LogP contribution in [0.3, 0.4) is 0 Å². The highest BCUT2D eigenvalue weighted by Gasteiger charge is 2.65. The predicted octanol–water partition coefficient (Wildman–Crippen LogP) is 4.77. The van der Waals surface area contributed by atoms with E-state index in [1.807, 2.05) is 0 Å². The first-order valence-corrected chi connectivity index (χ1v) is 13.8. The molecule has 34 heavy (non-hydrogen) atoms. The van der Waals surface area contributed by atoms with Crippen molar-refractivity contribution >= 4 is 40.9 Å². The van der Waals surface area contributed by atoms with Gasteiger partial charge in [0.05, 0.1) is 0 Å². The lowest BCUT2D eigenvalue weighted by Crippen LogP contribution is -2.60. The number of hydrogen-bond donors (Lipinski definition) is 0. The number of carbonyl (C=O) groups excluding carboxylic acids is 3. The number of Topliss-reactive ketones (excluding diaryl/α,β-unsaturated/α-hetero) is 1. The summed E-state index contributed by atoms with van der Waals surface area (Å²) in [5, 5.41) is 0. The van der Waals surface area contributed by atoms with Gasteiger partial charge in [0.15, 0.2) is 5.78 Å². The first-order chi connectivity index (χ1) is 16.2. The van der Waals surface area contributed by atoms with E-state index < -0.39 is 0 Å². The van der Waals surface area contributed by atoms with Gasteiger partial charge in [-0.2, -0.15) is 0 Å². The molecule has 4 aliphatic rings. The van der Waals surface area contributed by atoms with Gasteiger partial charge in [0.25, 0.3) is 0 Å². The van der Waals surface area contributed by atoms with Crippen molar-refractivity contribution in [1.29, 1.82) is 0 Å². The number of carbonyl (C=O) groups is 3. The molecule has 0 amide bonds. The summed E-state index contributed by atoms with van der Waals surface area (Å²) in [4.78, 5) is 37.2. The molecule has 6 nitrogen and oxygen atoms in total. The molecule has 0 N–H and O–H groups in total. The van der Waals surface area contributed by atoms with E-state index in [1.54, 1.807) is 7.11 Å². The van der Waals surface area contributed by atoms with Crippen LogP contribution >= 0.6 is 23.2 Å². The highest BCUT2D eigenvalue weighted by Crippen LogP contribution is 2.68. The van der Waals surface area contributed by atoms with Crippen LogP contribution in [0.1, 0.15) is 65.2 Å². The second-order valence-electron chi connectivity index (χ2n) is 11.5. The Hall–Kier alpha value is -0.850. The molecule has 192 valence electrons. The van der Waals surface area contributed by atoms with Gasteiger partial charge in [-0.1, -0.05) is 13.8 Å². The molecule has 9 atom stereocenters. The monoisotopic (exact) mass is 516 g/mol.